The molecule has 18 heteroatoms. The first-order valence-electron chi connectivity index (χ1n) is 20.5. The highest BCUT2D eigenvalue weighted by Crippen LogP contribution is 2.42. The van der Waals surface area contributed by atoms with Crippen molar-refractivity contribution in [1.29, 1.82) is 0 Å². The topological polar surface area (TPSA) is 183 Å². The molecule has 1 aliphatic heterocycles. The number of anilines is 2. The highest BCUT2D eigenvalue weighted by Gasteiger charge is 2.36. The molecule has 3 heterocycles. The summed E-state index contributed by atoms with van der Waals surface area (Å²) in [5.74, 6) is -3.28. The van der Waals surface area contributed by atoms with E-state index in [2.05, 4.69) is 29.8 Å². The SMILES string of the molecule is O=C(NS(=O)(=O)c1ccc(NCC2CCC(O)CC2)c([N+](=O)[O-])c1)c1ccc(N2CCN(CC3=C(c4ccc(Cl)cc4)CCC(F)(F)C3)CC2)cc1Oc1cnc2[nH]ccc2c1. The molecule has 1 amide bonds. The first-order valence-corrected chi connectivity index (χ1v) is 22.4. The average molecular weight is 890 g/mol. The van der Waals surface area contributed by atoms with Gasteiger partial charge in [0.2, 0.25) is 0 Å². The summed E-state index contributed by atoms with van der Waals surface area (Å²) in [7, 11) is -4.62. The summed E-state index contributed by atoms with van der Waals surface area (Å²) >= 11 is 6.11. The summed E-state index contributed by atoms with van der Waals surface area (Å²) in [6, 6.07) is 19.0. The Hall–Kier alpha value is -5.62. The van der Waals surface area contributed by atoms with Gasteiger partial charge in [0.1, 0.15) is 22.8 Å². The standard InChI is InChI=1S/C44H46ClF2N7O7S/c45-32-5-3-29(4-6-32)37-13-15-44(46,47)24-31(37)27-52-17-19-53(20-18-52)33-7-11-38(41(22-33)61-35-21-30-14-16-48-42(30)50-26-35)43(56)51-62(59,60)36-10-12-39(40(23-36)54(57)58)49-25-28-1-8-34(55)9-2-28/h3-7,10-12,14,16,21-23,26,28,34,49,55H,1-2,8-9,13,15,17-20,24-25,27H2,(H,48,50)(H,51,56). The molecule has 2 fully saturated rings. The number of halogens is 3. The summed E-state index contributed by atoms with van der Waals surface area (Å²) in [5.41, 5.74) is 3.40. The molecule has 2 aromatic heterocycles. The number of carbonyl (C=O) groups excluding carboxylic acids is 1. The first kappa shape index (κ1) is 43.0. The summed E-state index contributed by atoms with van der Waals surface area (Å²) in [4.78, 5) is 36.4. The van der Waals surface area contributed by atoms with Gasteiger partial charge in [0, 0.05) is 86.5 Å². The van der Waals surface area contributed by atoms with Crippen molar-refractivity contribution in [1.82, 2.24) is 19.6 Å². The fourth-order valence-corrected chi connectivity index (χ4v) is 9.59. The third-order valence-electron chi connectivity index (χ3n) is 11.9. The number of H-pyrrole nitrogens is 1. The van der Waals surface area contributed by atoms with Gasteiger partial charge >= 0.3 is 0 Å². The van der Waals surface area contributed by atoms with Gasteiger partial charge in [-0.05, 0) is 103 Å². The van der Waals surface area contributed by atoms with Crippen molar-refractivity contribution in [2.75, 3.05) is 49.5 Å². The molecule has 4 N–H and O–H groups in total. The molecule has 0 radical (unpaired) electrons. The molecule has 0 spiro atoms. The highest BCUT2D eigenvalue weighted by molar-refractivity contribution is 7.90. The minimum absolute atomic E-state index is 0.0391. The predicted molar refractivity (Wildman–Crippen MR) is 233 cm³/mol. The highest BCUT2D eigenvalue weighted by atomic mass is 35.5. The number of aliphatic hydroxyl groups is 1. The van der Waals surface area contributed by atoms with Crippen molar-refractivity contribution in [3.05, 3.63) is 117 Å². The Kier molecular flexibility index (Phi) is 12.5. The monoisotopic (exact) mass is 889 g/mol. The molecule has 2 aliphatic carbocycles. The second kappa shape index (κ2) is 18.0. The van der Waals surface area contributed by atoms with E-state index in [1.807, 2.05) is 12.1 Å². The number of nitro benzene ring substituents is 1. The number of amides is 1. The zero-order chi connectivity index (χ0) is 43.6. The number of hydrogen-bond acceptors (Lipinski definition) is 11. The van der Waals surface area contributed by atoms with Gasteiger partial charge in [-0.1, -0.05) is 23.7 Å². The Bertz CT molecular complexity index is 2610. The smallest absolute Gasteiger partial charge is 0.293 e. The number of aromatic nitrogens is 2. The predicted octanol–water partition coefficient (Wildman–Crippen LogP) is 8.39. The largest absolute Gasteiger partial charge is 0.455 e. The number of alkyl halides is 2. The molecule has 3 aromatic carbocycles. The molecule has 1 saturated carbocycles. The lowest BCUT2D eigenvalue weighted by Gasteiger charge is -2.38. The van der Waals surface area contributed by atoms with Crippen molar-refractivity contribution >= 4 is 61.2 Å². The maximum Gasteiger partial charge on any atom is 0.293 e. The molecule has 8 rings (SSSR count). The number of aromatic amines is 1. The number of pyridine rings is 1. The number of aliphatic hydroxyl groups excluding tert-OH is 1. The van der Waals surface area contributed by atoms with Gasteiger partial charge in [0.15, 0.2) is 0 Å². The van der Waals surface area contributed by atoms with Crippen LogP contribution in [0.15, 0.2) is 95.7 Å². The minimum Gasteiger partial charge on any atom is -0.455 e. The number of nitrogens with zero attached hydrogens (tertiary/aromatic N) is 4. The van der Waals surface area contributed by atoms with Crippen LogP contribution in [0.3, 0.4) is 0 Å². The lowest BCUT2D eigenvalue weighted by molar-refractivity contribution is -0.384. The number of fused-ring (bicyclic) bond motifs is 1. The van der Waals surface area contributed by atoms with E-state index in [9.17, 15) is 37.2 Å². The number of sulfonamides is 1. The summed E-state index contributed by atoms with van der Waals surface area (Å²) in [6.07, 6.45) is 5.43. The van der Waals surface area contributed by atoms with Gasteiger partial charge in [-0.15, -0.1) is 0 Å². The molecule has 14 nitrogen and oxygen atoms in total. The molecular formula is C44H46ClF2N7O7S. The van der Waals surface area contributed by atoms with Crippen LogP contribution in [0.5, 0.6) is 11.5 Å². The van der Waals surface area contributed by atoms with Gasteiger partial charge in [-0.2, -0.15) is 0 Å². The number of ether oxygens (including phenoxy) is 1. The van der Waals surface area contributed by atoms with Gasteiger partial charge in [0.25, 0.3) is 27.5 Å². The van der Waals surface area contributed by atoms with Crippen LogP contribution >= 0.6 is 11.6 Å². The van der Waals surface area contributed by atoms with Crippen LogP contribution in [0.2, 0.25) is 5.02 Å². The third-order valence-corrected chi connectivity index (χ3v) is 13.5. The number of nitrogens with one attached hydrogen (secondary N) is 3. The Labute approximate surface area is 362 Å². The van der Waals surface area contributed by atoms with Crippen molar-refractivity contribution in [2.24, 2.45) is 5.92 Å². The molecule has 0 unspecified atom stereocenters. The van der Waals surface area contributed by atoms with E-state index in [4.69, 9.17) is 16.3 Å². The Morgan fingerprint density at radius 2 is 1.77 bits per heavy atom. The molecule has 62 heavy (non-hydrogen) atoms. The summed E-state index contributed by atoms with van der Waals surface area (Å²) < 4.78 is 65.0. The van der Waals surface area contributed by atoms with Crippen LogP contribution in [0.4, 0.5) is 25.8 Å². The van der Waals surface area contributed by atoms with Crippen LogP contribution in [0, 0.1) is 16.0 Å². The second-order valence-electron chi connectivity index (χ2n) is 16.2. The molecular weight excluding hydrogens is 844 g/mol. The molecule has 0 bridgehead atoms. The lowest BCUT2D eigenvalue weighted by Crippen LogP contribution is -2.47. The quantitative estimate of drug-likeness (QED) is 0.0658. The lowest BCUT2D eigenvalue weighted by atomic mass is 9.85. The number of piperazine rings is 1. The third kappa shape index (κ3) is 10.0. The summed E-state index contributed by atoms with van der Waals surface area (Å²) in [6.45, 7) is 3.01. The van der Waals surface area contributed by atoms with E-state index < -0.39 is 37.4 Å². The molecule has 5 aromatic rings. The van der Waals surface area contributed by atoms with Crippen LogP contribution in [-0.2, 0) is 10.0 Å². The Morgan fingerprint density at radius 1 is 1.02 bits per heavy atom. The second-order valence-corrected chi connectivity index (χ2v) is 18.3. The van der Waals surface area contributed by atoms with Crippen LogP contribution in [-0.4, -0.2) is 90.5 Å². The van der Waals surface area contributed by atoms with Crippen molar-refractivity contribution < 1.29 is 36.8 Å². The van der Waals surface area contributed by atoms with Crippen LogP contribution in [0.25, 0.3) is 16.6 Å². The maximum absolute atomic E-state index is 14.7. The van der Waals surface area contributed by atoms with E-state index in [1.165, 1.54) is 24.4 Å². The maximum atomic E-state index is 14.7. The molecule has 3 aliphatic rings. The minimum atomic E-state index is -4.62. The van der Waals surface area contributed by atoms with Gasteiger partial charge in [-0.25, -0.2) is 26.9 Å². The molecule has 326 valence electrons. The fourth-order valence-electron chi connectivity index (χ4n) is 8.48. The Balaban J connectivity index is 1.000. The molecule has 0 atom stereocenters. The van der Waals surface area contributed by atoms with Crippen molar-refractivity contribution in [2.45, 2.75) is 61.9 Å². The zero-order valence-electron chi connectivity index (χ0n) is 33.7. The van der Waals surface area contributed by atoms with Gasteiger partial charge < -0.3 is 25.0 Å². The van der Waals surface area contributed by atoms with Crippen molar-refractivity contribution in [3.8, 4) is 11.5 Å². The number of nitro groups is 1. The average Bonchev–Trinajstić information content (AvgIpc) is 3.72. The van der Waals surface area contributed by atoms with Gasteiger partial charge in [0.05, 0.1) is 27.7 Å². The fraction of sp³-hybridized carbons (Fsp3) is 0.364. The van der Waals surface area contributed by atoms with Crippen LogP contribution < -0.4 is 19.7 Å². The Morgan fingerprint density at radius 3 is 2.52 bits per heavy atom. The number of rotatable bonds is 13. The van der Waals surface area contributed by atoms with Crippen molar-refractivity contribution in [3.63, 3.8) is 0 Å². The van der Waals surface area contributed by atoms with E-state index in [-0.39, 0.29) is 54.0 Å². The zero-order valence-corrected chi connectivity index (χ0v) is 35.2. The van der Waals surface area contributed by atoms with E-state index in [1.54, 1.807) is 42.6 Å². The first-order chi connectivity index (χ1) is 29.7. The van der Waals surface area contributed by atoms with E-state index in [0.29, 0.717) is 74.0 Å². The number of hydrogen-bond donors (Lipinski definition) is 4. The van der Waals surface area contributed by atoms with E-state index >= 15 is 0 Å². The number of benzene rings is 3. The number of carbonyl (C=O) groups is 1. The normalized spacial score (nSPS) is 19.6. The van der Waals surface area contributed by atoms with Gasteiger partial charge in [-0.3, -0.25) is 19.8 Å². The van der Waals surface area contributed by atoms with E-state index in [0.717, 1.165) is 35.4 Å². The molecule has 1 saturated heterocycles. The van der Waals surface area contributed by atoms with Crippen LogP contribution in [0.1, 0.15) is 60.9 Å². The number of allylic oxidation sites excluding steroid dienone is 1. The summed E-state index contributed by atoms with van der Waals surface area (Å²) in [5, 5.41) is 26.3.